The third-order valence-electron chi connectivity index (χ3n) is 4.03. The Labute approximate surface area is 150 Å². The van der Waals surface area contributed by atoms with Gasteiger partial charge in [-0.2, -0.15) is 0 Å². The number of benzene rings is 1. The van der Waals surface area contributed by atoms with Gasteiger partial charge in [0.05, 0.1) is 13.2 Å². The van der Waals surface area contributed by atoms with Gasteiger partial charge in [-0.05, 0) is 31.0 Å². The average molecular weight is 353 g/mol. The minimum Gasteiger partial charge on any atom is -0.379 e. The predicted molar refractivity (Wildman–Crippen MR) is 101 cm³/mol. The van der Waals surface area contributed by atoms with E-state index in [2.05, 4.69) is 41.2 Å². The molecule has 0 aromatic heterocycles. The molecular formula is C18H29ClN4O. The van der Waals surface area contributed by atoms with Crippen molar-refractivity contribution in [1.82, 2.24) is 15.1 Å². The quantitative estimate of drug-likeness (QED) is 0.465. The summed E-state index contributed by atoms with van der Waals surface area (Å²) in [6.45, 7) is 9.50. The zero-order valence-electron chi connectivity index (χ0n) is 14.8. The number of hydrogen-bond donors (Lipinski definition) is 1. The molecule has 0 radical (unpaired) electrons. The van der Waals surface area contributed by atoms with Crippen molar-refractivity contribution < 1.29 is 4.74 Å². The number of nitrogens with zero attached hydrogens (tertiary/aromatic N) is 3. The van der Waals surface area contributed by atoms with Gasteiger partial charge in [-0.1, -0.05) is 23.7 Å². The molecule has 0 unspecified atom stereocenters. The van der Waals surface area contributed by atoms with Crippen molar-refractivity contribution >= 4 is 17.6 Å². The average Bonchev–Trinajstić information content (AvgIpc) is 2.60. The number of halogens is 1. The van der Waals surface area contributed by atoms with Crippen LogP contribution in [0.1, 0.15) is 18.9 Å². The van der Waals surface area contributed by atoms with Crippen molar-refractivity contribution in [3.8, 4) is 0 Å². The molecule has 0 bridgehead atoms. The summed E-state index contributed by atoms with van der Waals surface area (Å²) in [5, 5.41) is 4.14. The monoisotopic (exact) mass is 352 g/mol. The molecule has 6 heteroatoms. The molecule has 0 aliphatic carbocycles. The lowest BCUT2D eigenvalue weighted by atomic mass is 10.2. The molecule has 1 saturated heterocycles. The van der Waals surface area contributed by atoms with Crippen molar-refractivity contribution in [3.05, 3.63) is 34.9 Å². The second-order valence-electron chi connectivity index (χ2n) is 6.03. The lowest BCUT2D eigenvalue weighted by Gasteiger charge is -2.26. The van der Waals surface area contributed by atoms with E-state index in [9.17, 15) is 0 Å². The molecule has 134 valence electrons. The van der Waals surface area contributed by atoms with Crippen molar-refractivity contribution in [3.63, 3.8) is 0 Å². The van der Waals surface area contributed by atoms with Crippen LogP contribution in [0.2, 0.25) is 5.02 Å². The number of aliphatic imine (C=N–C) groups is 1. The maximum Gasteiger partial charge on any atom is 0.193 e. The molecule has 1 fully saturated rings. The third kappa shape index (κ3) is 6.67. The highest BCUT2D eigenvalue weighted by molar-refractivity contribution is 6.30. The molecule has 5 nitrogen and oxygen atoms in total. The largest absolute Gasteiger partial charge is 0.379 e. The number of guanidine groups is 1. The summed E-state index contributed by atoms with van der Waals surface area (Å²) in [5.74, 6) is 0.953. The molecule has 1 N–H and O–H groups in total. The minimum absolute atomic E-state index is 0.769. The topological polar surface area (TPSA) is 40.1 Å². The molecule has 1 heterocycles. The van der Waals surface area contributed by atoms with E-state index >= 15 is 0 Å². The third-order valence-corrected chi connectivity index (χ3v) is 4.28. The van der Waals surface area contributed by atoms with E-state index in [1.54, 1.807) is 0 Å². The van der Waals surface area contributed by atoms with Gasteiger partial charge in [-0.3, -0.25) is 9.89 Å². The molecule has 0 atom stereocenters. The number of morpholine rings is 1. The standard InChI is InChI=1S/C18H29ClN4O/c1-3-20-18(21-9-4-10-23-11-13-24-14-12-23)22(2)15-16-5-7-17(19)8-6-16/h5-8H,3-4,9-15H2,1-2H3,(H,20,21). The zero-order valence-corrected chi connectivity index (χ0v) is 15.6. The highest BCUT2D eigenvalue weighted by Gasteiger charge is 2.10. The van der Waals surface area contributed by atoms with E-state index in [1.807, 2.05) is 12.1 Å². The van der Waals surface area contributed by atoms with Gasteiger partial charge in [-0.25, -0.2) is 0 Å². The van der Waals surface area contributed by atoms with E-state index in [4.69, 9.17) is 21.3 Å². The maximum absolute atomic E-state index is 5.95. The summed E-state index contributed by atoms with van der Waals surface area (Å²) in [7, 11) is 2.07. The van der Waals surface area contributed by atoms with E-state index in [-0.39, 0.29) is 0 Å². The summed E-state index contributed by atoms with van der Waals surface area (Å²) in [6, 6.07) is 7.97. The molecule has 2 rings (SSSR count). The van der Waals surface area contributed by atoms with Gasteiger partial charge in [0.15, 0.2) is 5.96 Å². The first kappa shape index (κ1) is 19.0. The Morgan fingerprint density at radius 3 is 2.67 bits per heavy atom. The van der Waals surface area contributed by atoms with Crippen molar-refractivity contribution in [2.45, 2.75) is 19.9 Å². The molecule has 1 aromatic rings. The molecule has 0 amide bonds. The number of ether oxygens (including phenoxy) is 1. The summed E-state index contributed by atoms with van der Waals surface area (Å²) in [5.41, 5.74) is 1.22. The van der Waals surface area contributed by atoms with Gasteiger partial charge in [-0.15, -0.1) is 0 Å². The van der Waals surface area contributed by atoms with Crippen LogP contribution >= 0.6 is 11.6 Å². The highest BCUT2D eigenvalue weighted by Crippen LogP contribution is 2.11. The molecule has 0 saturated carbocycles. The first-order valence-corrected chi connectivity index (χ1v) is 9.11. The Hall–Kier alpha value is -1.30. The number of nitrogens with one attached hydrogen (secondary N) is 1. The van der Waals surface area contributed by atoms with Crippen molar-refractivity contribution in [2.75, 3.05) is 53.0 Å². The van der Waals surface area contributed by atoms with Crippen molar-refractivity contribution in [1.29, 1.82) is 0 Å². The summed E-state index contributed by atoms with van der Waals surface area (Å²) >= 11 is 5.95. The highest BCUT2D eigenvalue weighted by atomic mass is 35.5. The van der Waals surface area contributed by atoms with E-state index in [0.29, 0.717) is 0 Å². The SMILES string of the molecule is CCNC(=NCCCN1CCOCC1)N(C)Cc1ccc(Cl)cc1. The Bertz CT molecular complexity index is 500. The molecule has 1 aliphatic rings. The van der Waals surface area contributed by atoms with E-state index in [1.165, 1.54) is 5.56 Å². The fourth-order valence-electron chi connectivity index (χ4n) is 2.71. The fourth-order valence-corrected chi connectivity index (χ4v) is 2.84. The molecule has 0 spiro atoms. The van der Waals surface area contributed by atoms with Crippen LogP contribution < -0.4 is 5.32 Å². The first-order chi connectivity index (χ1) is 11.7. The van der Waals surface area contributed by atoms with Crippen LogP contribution in [0.5, 0.6) is 0 Å². The van der Waals surface area contributed by atoms with Crippen LogP contribution in [-0.4, -0.2) is 68.7 Å². The van der Waals surface area contributed by atoms with Crippen LogP contribution in [0, 0.1) is 0 Å². The number of hydrogen-bond acceptors (Lipinski definition) is 3. The Kier molecular flexibility index (Phi) is 8.36. The predicted octanol–water partition coefficient (Wildman–Crippen LogP) is 2.46. The minimum atomic E-state index is 0.769. The molecule has 24 heavy (non-hydrogen) atoms. The van der Waals surface area contributed by atoms with Crippen LogP contribution in [0.25, 0.3) is 0 Å². The van der Waals surface area contributed by atoms with E-state index < -0.39 is 0 Å². The van der Waals surface area contributed by atoms with Gasteiger partial charge in [0.25, 0.3) is 0 Å². The Morgan fingerprint density at radius 2 is 2.00 bits per heavy atom. The Balaban J connectivity index is 1.80. The van der Waals surface area contributed by atoms with Crippen molar-refractivity contribution in [2.24, 2.45) is 4.99 Å². The maximum atomic E-state index is 5.95. The van der Waals surface area contributed by atoms with E-state index in [0.717, 1.165) is 69.9 Å². The summed E-state index contributed by atoms with van der Waals surface area (Å²) < 4.78 is 5.38. The first-order valence-electron chi connectivity index (χ1n) is 8.73. The van der Waals surface area contributed by atoms with Crippen LogP contribution in [0.3, 0.4) is 0 Å². The second kappa shape index (κ2) is 10.5. The van der Waals surface area contributed by atoms with Gasteiger partial charge in [0.1, 0.15) is 0 Å². The lowest BCUT2D eigenvalue weighted by molar-refractivity contribution is 0.0377. The summed E-state index contributed by atoms with van der Waals surface area (Å²) in [6.07, 6.45) is 1.07. The van der Waals surface area contributed by atoms with Gasteiger partial charge >= 0.3 is 0 Å². The second-order valence-corrected chi connectivity index (χ2v) is 6.46. The smallest absolute Gasteiger partial charge is 0.193 e. The molecule has 1 aliphatic heterocycles. The zero-order chi connectivity index (χ0) is 17.2. The number of rotatable bonds is 7. The van der Waals surface area contributed by atoms with Crippen LogP contribution in [0.4, 0.5) is 0 Å². The molecular weight excluding hydrogens is 324 g/mol. The van der Waals surface area contributed by atoms with Crippen LogP contribution in [-0.2, 0) is 11.3 Å². The van der Waals surface area contributed by atoms with Gasteiger partial charge in [0.2, 0.25) is 0 Å². The lowest BCUT2D eigenvalue weighted by Crippen LogP contribution is -2.39. The van der Waals surface area contributed by atoms with Crippen LogP contribution in [0.15, 0.2) is 29.3 Å². The normalized spacial score (nSPS) is 16.2. The summed E-state index contributed by atoms with van der Waals surface area (Å²) in [4.78, 5) is 9.36. The van der Waals surface area contributed by atoms with Gasteiger partial charge in [0, 0.05) is 51.3 Å². The Morgan fingerprint density at radius 1 is 1.29 bits per heavy atom. The molecule has 1 aromatic carbocycles. The fraction of sp³-hybridized carbons (Fsp3) is 0.611. The van der Waals surface area contributed by atoms with Gasteiger partial charge < -0.3 is 15.0 Å².